The quantitative estimate of drug-likeness (QED) is 0.474. The molecule has 8 heteroatoms. The maximum Gasteiger partial charge on any atom is 0.428 e. The molecule has 1 unspecified atom stereocenters. The van der Waals surface area contributed by atoms with Gasteiger partial charge in [0.05, 0.1) is 0 Å². The van der Waals surface area contributed by atoms with E-state index in [0.29, 0.717) is 0 Å². The van der Waals surface area contributed by atoms with Crippen molar-refractivity contribution in [1.82, 2.24) is 0 Å². The van der Waals surface area contributed by atoms with Crippen LogP contribution in [0, 0.1) is 0 Å². The Kier molecular flexibility index (Phi) is 3.19. The number of alkyl halides is 4. The standard InChI is InChI=1S/C2H2F4O3S/c3-1(4)9-2(5,6)10(7)8/h1H,(H,7,8)/p-1. The minimum absolute atomic E-state index is 2.42. The second-order valence-electron chi connectivity index (χ2n) is 1.08. The Morgan fingerprint density at radius 2 is 1.90 bits per heavy atom. The molecule has 0 N–H and O–H groups in total. The van der Waals surface area contributed by atoms with Crippen molar-refractivity contribution in [3.05, 3.63) is 0 Å². The van der Waals surface area contributed by atoms with Crippen LogP contribution in [-0.2, 0) is 15.8 Å². The Morgan fingerprint density at radius 1 is 1.50 bits per heavy atom. The van der Waals surface area contributed by atoms with Gasteiger partial charge in [0.1, 0.15) is 0 Å². The summed E-state index contributed by atoms with van der Waals surface area (Å²) in [6.07, 6.45) is 0. The van der Waals surface area contributed by atoms with E-state index in [1.54, 1.807) is 0 Å². The van der Waals surface area contributed by atoms with Crippen molar-refractivity contribution in [2.75, 3.05) is 0 Å². The SMILES string of the molecule is O=S([O-])C(F)(F)OC(F)F. The Balaban J connectivity index is 4.00. The fourth-order valence-electron chi connectivity index (χ4n) is 0.143. The summed E-state index contributed by atoms with van der Waals surface area (Å²) in [6.45, 7) is -3.81. The van der Waals surface area contributed by atoms with Crippen LogP contribution in [0.5, 0.6) is 0 Å². The van der Waals surface area contributed by atoms with Gasteiger partial charge < -0.3 is 4.55 Å². The molecule has 0 aliphatic carbocycles. The number of hydrogen-bond donors (Lipinski definition) is 0. The molecule has 0 aromatic rings. The summed E-state index contributed by atoms with van der Waals surface area (Å²) >= 11 is -3.98. The molecule has 0 aromatic carbocycles. The van der Waals surface area contributed by atoms with Gasteiger partial charge >= 0.3 is 12.1 Å². The lowest BCUT2D eigenvalue weighted by Gasteiger charge is -2.17. The smallest absolute Gasteiger partial charge is 0.428 e. The van der Waals surface area contributed by atoms with Crippen LogP contribution >= 0.6 is 0 Å². The van der Waals surface area contributed by atoms with E-state index in [-0.39, 0.29) is 0 Å². The lowest BCUT2D eigenvalue weighted by atomic mass is 11.3. The first kappa shape index (κ1) is 9.79. The van der Waals surface area contributed by atoms with Crippen molar-refractivity contribution in [3.8, 4) is 0 Å². The van der Waals surface area contributed by atoms with Crippen LogP contribution in [0.1, 0.15) is 0 Å². The predicted molar refractivity (Wildman–Crippen MR) is 21.0 cm³/mol. The van der Waals surface area contributed by atoms with Crippen LogP contribution in [0.15, 0.2) is 0 Å². The van der Waals surface area contributed by atoms with Crippen molar-refractivity contribution in [2.45, 2.75) is 12.1 Å². The average Bonchev–Trinajstić information content (AvgIpc) is 1.60. The molecule has 0 spiro atoms. The molecule has 0 heterocycles. The normalized spacial score (nSPS) is 15.8. The minimum Gasteiger partial charge on any atom is -0.766 e. The molecule has 0 rings (SSSR count). The first-order chi connectivity index (χ1) is 4.36. The Morgan fingerprint density at radius 3 is 2.00 bits per heavy atom. The maximum atomic E-state index is 11.5. The lowest BCUT2D eigenvalue weighted by Crippen LogP contribution is -2.28. The van der Waals surface area contributed by atoms with Gasteiger partial charge in [-0.15, -0.1) is 0 Å². The van der Waals surface area contributed by atoms with Gasteiger partial charge in [-0.05, 0) is 0 Å². The van der Waals surface area contributed by atoms with Gasteiger partial charge in [0.15, 0.2) is 0 Å². The first-order valence-electron chi connectivity index (χ1n) is 1.79. The number of halogens is 4. The highest BCUT2D eigenvalue weighted by Crippen LogP contribution is 2.21. The third-order valence-corrected chi connectivity index (χ3v) is 0.905. The molecule has 10 heavy (non-hydrogen) atoms. The summed E-state index contributed by atoms with van der Waals surface area (Å²) < 4.78 is 65.9. The fourth-order valence-corrected chi connectivity index (χ4v) is 0.294. The van der Waals surface area contributed by atoms with Crippen molar-refractivity contribution in [1.29, 1.82) is 0 Å². The number of rotatable bonds is 3. The molecular formula is C2HF4O3S-. The van der Waals surface area contributed by atoms with Gasteiger partial charge in [-0.3, -0.25) is 4.21 Å². The van der Waals surface area contributed by atoms with E-state index in [1.807, 2.05) is 0 Å². The maximum absolute atomic E-state index is 11.5. The van der Waals surface area contributed by atoms with Gasteiger partial charge in [0.25, 0.3) is 0 Å². The topological polar surface area (TPSA) is 49.4 Å². The zero-order valence-electron chi connectivity index (χ0n) is 4.22. The van der Waals surface area contributed by atoms with Crippen molar-refractivity contribution in [3.63, 3.8) is 0 Å². The van der Waals surface area contributed by atoms with Crippen LogP contribution in [0.4, 0.5) is 17.6 Å². The first-order valence-corrected chi connectivity index (χ1v) is 2.87. The zero-order valence-corrected chi connectivity index (χ0v) is 5.04. The van der Waals surface area contributed by atoms with Crippen molar-refractivity contribution < 1.29 is 31.1 Å². The number of ether oxygens (including phenoxy) is 1. The molecule has 1 atom stereocenters. The highest BCUT2D eigenvalue weighted by atomic mass is 32.2. The van der Waals surface area contributed by atoms with Crippen molar-refractivity contribution in [2.24, 2.45) is 0 Å². The molecule has 0 radical (unpaired) electrons. The fraction of sp³-hybridized carbons (Fsp3) is 1.00. The molecular weight excluding hydrogens is 180 g/mol. The Bertz CT molecular complexity index is 136. The molecule has 0 bridgehead atoms. The highest BCUT2D eigenvalue weighted by molar-refractivity contribution is 7.80. The summed E-state index contributed by atoms with van der Waals surface area (Å²) in [7, 11) is 0. The third kappa shape index (κ3) is 3.08. The summed E-state index contributed by atoms with van der Waals surface area (Å²) in [5, 5.41) is 0. The van der Waals surface area contributed by atoms with Gasteiger partial charge in [-0.1, -0.05) is 0 Å². The van der Waals surface area contributed by atoms with Gasteiger partial charge in [0, 0.05) is 11.1 Å². The highest BCUT2D eigenvalue weighted by Gasteiger charge is 2.35. The monoisotopic (exact) mass is 181 g/mol. The molecule has 0 saturated carbocycles. The van der Waals surface area contributed by atoms with E-state index in [4.69, 9.17) is 0 Å². The van der Waals surface area contributed by atoms with E-state index in [1.165, 1.54) is 0 Å². The molecule has 0 amide bonds. The van der Waals surface area contributed by atoms with E-state index in [9.17, 15) is 26.3 Å². The molecule has 0 aliphatic rings. The van der Waals surface area contributed by atoms with Crippen LogP contribution < -0.4 is 0 Å². The van der Waals surface area contributed by atoms with Crippen LogP contribution in [0.2, 0.25) is 0 Å². The Labute approximate surface area is 55.3 Å². The second kappa shape index (κ2) is 3.26. The van der Waals surface area contributed by atoms with E-state index in [2.05, 4.69) is 4.74 Å². The minimum atomic E-state index is -4.81. The second-order valence-corrected chi connectivity index (χ2v) is 2.02. The van der Waals surface area contributed by atoms with E-state index in [0.717, 1.165) is 0 Å². The van der Waals surface area contributed by atoms with Gasteiger partial charge in [-0.25, -0.2) is 4.74 Å². The molecule has 0 aliphatic heterocycles. The lowest BCUT2D eigenvalue weighted by molar-refractivity contribution is -0.272. The average molecular weight is 181 g/mol. The number of hydrogen-bond acceptors (Lipinski definition) is 3. The molecule has 0 saturated heterocycles. The summed E-state index contributed by atoms with van der Waals surface area (Å²) in [4.78, 5) is 0. The van der Waals surface area contributed by atoms with Crippen molar-refractivity contribution >= 4 is 11.1 Å². The molecule has 62 valence electrons. The van der Waals surface area contributed by atoms with Gasteiger partial charge in [0.2, 0.25) is 0 Å². The zero-order chi connectivity index (χ0) is 8.36. The molecule has 0 aromatic heterocycles. The largest absolute Gasteiger partial charge is 0.766 e. The Hall–Kier alpha value is -0.210. The van der Waals surface area contributed by atoms with Gasteiger partial charge in [-0.2, -0.15) is 17.6 Å². The molecule has 0 fully saturated rings. The van der Waals surface area contributed by atoms with Crippen LogP contribution in [0.25, 0.3) is 0 Å². The summed E-state index contributed by atoms with van der Waals surface area (Å²) in [5.41, 5.74) is -4.81. The van der Waals surface area contributed by atoms with E-state index >= 15 is 0 Å². The molecule has 3 nitrogen and oxygen atoms in total. The van der Waals surface area contributed by atoms with Crippen LogP contribution in [0.3, 0.4) is 0 Å². The summed E-state index contributed by atoms with van der Waals surface area (Å²) in [5.74, 6) is 0. The summed E-state index contributed by atoms with van der Waals surface area (Å²) in [6, 6.07) is 0. The predicted octanol–water partition coefficient (Wildman–Crippen LogP) is 0.655. The third-order valence-electron chi connectivity index (χ3n) is 0.420. The van der Waals surface area contributed by atoms with Crippen LogP contribution in [-0.4, -0.2) is 20.8 Å². The van der Waals surface area contributed by atoms with E-state index < -0.39 is 23.1 Å².